The van der Waals surface area contributed by atoms with Crippen molar-refractivity contribution in [2.45, 2.75) is 211 Å². The number of allylic oxidation sites excluding steroid dienone is 2. The fourth-order valence-corrected chi connectivity index (χ4v) is 14.3. The van der Waals surface area contributed by atoms with Crippen molar-refractivity contribution in [3.8, 4) is 0 Å². The predicted octanol–water partition coefficient (Wildman–Crippen LogP) is 0.222. The van der Waals surface area contributed by atoms with E-state index in [1.807, 2.05) is 20.8 Å². The fraction of sp³-hybridized carbons (Fsp3) is 0.957. The molecule has 0 radical (unpaired) electrons. The Bertz CT molecular complexity index is 1610. The van der Waals surface area contributed by atoms with Crippen LogP contribution in [0.3, 0.4) is 0 Å². The van der Waals surface area contributed by atoms with Gasteiger partial charge in [0.1, 0.15) is 61.0 Å². The molecule has 364 valence electrons. The van der Waals surface area contributed by atoms with Crippen LogP contribution in [0, 0.1) is 45.3 Å². The molecule has 7 fully saturated rings. The van der Waals surface area contributed by atoms with E-state index in [0.717, 1.165) is 18.4 Å². The minimum Gasteiger partial charge on any atom is -0.393 e. The van der Waals surface area contributed by atoms with Crippen molar-refractivity contribution in [3.05, 3.63) is 11.6 Å². The van der Waals surface area contributed by atoms with E-state index in [-0.39, 0.29) is 47.7 Å². The highest BCUT2D eigenvalue weighted by molar-refractivity contribution is 5.22. The van der Waals surface area contributed by atoms with Gasteiger partial charge in [0.15, 0.2) is 18.9 Å². The first-order valence-electron chi connectivity index (χ1n) is 23.3. The van der Waals surface area contributed by atoms with E-state index < -0.39 is 121 Å². The zero-order chi connectivity index (χ0) is 46.4. The van der Waals surface area contributed by atoms with Crippen molar-refractivity contribution in [3.63, 3.8) is 0 Å². The van der Waals surface area contributed by atoms with Crippen LogP contribution < -0.4 is 0 Å². The van der Waals surface area contributed by atoms with Gasteiger partial charge in [0.05, 0.1) is 43.7 Å². The lowest BCUT2D eigenvalue weighted by Crippen LogP contribution is -2.70. The number of aliphatic hydroxyl groups excluding tert-OH is 11. The van der Waals surface area contributed by atoms with Gasteiger partial charge in [-0.2, -0.15) is 0 Å². The SMILES string of the molecule is CC(C)=CCC[C@](C)(O[C@@H]1O[C@H](CO[C@@H]2OC[C@H](O[C@@H]3OC[C@@H](O)[C@H](O)[C@H]3O)[C@H](O)[C@H]2O)[C@@H](O)[C@H](O)[C@H]1O)[C@H]1CC[C@]2(C)[C@@H]1[C@H](O)C[C@@H]1[C@@]3(C)CC[C@H](O)C(C)(C)[C@H]3[C@@H](O)C[C@]12C. The van der Waals surface area contributed by atoms with Crippen molar-refractivity contribution in [2.75, 3.05) is 19.8 Å². The Hall–Kier alpha value is -0.940. The van der Waals surface area contributed by atoms with Gasteiger partial charge in [-0.1, -0.05) is 46.3 Å². The van der Waals surface area contributed by atoms with Gasteiger partial charge in [-0.3, -0.25) is 0 Å². The highest BCUT2D eigenvalue weighted by Gasteiger charge is 2.73. The molecule has 3 heterocycles. The van der Waals surface area contributed by atoms with Crippen LogP contribution in [-0.2, 0) is 28.4 Å². The summed E-state index contributed by atoms with van der Waals surface area (Å²) in [6, 6.07) is 0. The molecule has 0 spiro atoms. The van der Waals surface area contributed by atoms with Crippen LogP contribution in [0.15, 0.2) is 11.6 Å². The second-order valence-electron chi connectivity index (χ2n) is 22.2. The third-order valence-electron chi connectivity index (χ3n) is 17.9. The molecule has 0 unspecified atom stereocenters. The van der Waals surface area contributed by atoms with Crippen LogP contribution in [-0.4, -0.2) is 180 Å². The summed E-state index contributed by atoms with van der Waals surface area (Å²) in [6.45, 7) is 15.8. The molecule has 4 saturated carbocycles. The van der Waals surface area contributed by atoms with Gasteiger partial charge in [0.25, 0.3) is 0 Å². The molecule has 3 aliphatic heterocycles. The number of hydrogen-bond donors (Lipinski definition) is 11. The lowest BCUT2D eigenvalue weighted by molar-refractivity contribution is -0.351. The molecule has 17 nitrogen and oxygen atoms in total. The first kappa shape index (κ1) is 50.0. The minimum absolute atomic E-state index is 0.0907. The van der Waals surface area contributed by atoms with Crippen molar-refractivity contribution in [2.24, 2.45) is 45.3 Å². The Morgan fingerprint density at radius 2 is 1.35 bits per heavy atom. The molecule has 3 saturated heterocycles. The second kappa shape index (κ2) is 18.2. The highest BCUT2D eigenvalue weighted by atomic mass is 16.7. The molecule has 24 atom stereocenters. The lowest BCUT2D eigenvalue weighted by atomic mass is 9.34. The Morgan fingerprint density at radius 3 is 2.03 bits per heavy atom. The molecule has 0 bridgehead atoms. The zero-order valence-electron chi connectivity index (χ0n) is 38.3. The zero-order valence-corrected chi connectivity index (χ0v) is 38.3. The van der Waals surface area contributed by atoms with E-state index in [0.29, 0.717) is 38.5 Å². The third kappa shape index (κ3) is 8.53. The summed E-state index contributed by atoms with van der Waals surface area (Å²) in [4.78, 5) is 0. The van der Waals surface area contributed by atoms with Crippen LogP contribution in [0.5, 0.6) is 0 Å². The summed E-state index contributed by atoms with van der Waals surface area (Å²) in [5, 5.41) is 121. The summed E-state index contributed by atoms with van der Waals surface area (Å²) >= 11 is 0. The van der Waals surface area contributed by atoms with E-state index in [9.17, 15) is 56.2 Å². The topological polar surface area (TPSA) is 278 Å². The van der Waals surface area contributed by atoms with E-state index >= 15 is 0 Å². The van der Waals surface area contributed by atoms with Gasteiger partial charge < -0.3 is 84.6 Å². The van der Waals surface area contributed by atoms with Crippen LogP contribution in [0.2, 0.25) is 0 Å². The number of fused-ring (bicyclic) bond motifs is 5. The summed E-state index contributed by atoms with van der Waals surface area (Å²) in [5.74, 6) is -0.536. The van der Waals surface area contributed by atoms with Crippen molar-refractivity contribution in [1.82, 2.24) is 0 Å². The number of rotatable bonds is 11. The Balaban J connectivity index is 1.07. The lowest BCUT2D eigenvalue weighted by Gasteiger charge is -2.71. The standard InChI is InChI=1S/C46H78O17/c1-21(2)10-9-13-46(8,22-11-15-44(6)30(22)23(47)16-28-43(5)14-12-29(50)42(3,4)38(43)24(48)17-45(28,44)7)63-41-37(57)34(54)32(52)26(62-41)19-59-39-36(56)33(53)27(20-60-39)61-40-35(55)31(51)25(49)18-58-40/h10,22-41,47-57H,9,11-20H2,1-8H3/t22-,23+,24-,25+,26+,27-,28+,29-,30-,31-,32+,33-,34-,35+,36+,37+,38+,39+,40-,41-,43+,44+,45+,46-/m0/s1. The summed E-state index contributed by atoms with van der Waals surface area (Å²) in [7, 11) is 0. The maximum atomic E-state index is 12.5. The second-order valence-corrected chi connectivity index (χ2v) is 22.2. The molecular formula is C46H78O17. The van der Waals surface area contributed by atoms with Gasteiger partial charge in [-0.25, -0.2) is 0 Å². The molecule has 0 aromatic heterocycles. The number of ether oxygens (including phenoxy) is 6. The summed E-state index contributed by atoms with van der Waals surface area (Å²) < 4.78 is 35.4. The maximum absolute atomic E-state index is 12.5. The Kier molecular flexibility index (Phi) is 14.4. The average Bonchev–Trinajstić information content (AvgIpc) is 3.60. The van der Waals surface area contributed by atoms with Gasteiger partial charge in [-0.15, -0.1) is 0 Å². The number of aliphatic hydroxyl groups is 11. The Labute approximate surface area is 371 Å². The van der Waals surface area contributed by atoms with Gasteiger partial charge in [-0.05, 0) is 117 Å². The third-order valence-corrected chi connectivity index (χ3v) is 17.9. The van der Waals surface area contributed by atoms with Crippen molar-refractivity contribution < 1.29 is 84.6 Å². The van der Waals surface area contributed by atoms with Crippen molar-refractivity contribution in [1.29, 1.82) is 0 Å². The molecule has 17 heteroatoms. The highest BCUT2D eigenvalue weighted by Crippen LogP contribution is 2.76. The summed E-state index contributed by atoms with van der Waals surface area (Å²) in [5.41, 5.74) is -1.50. The average molecular weight is 903 g/mol. The van der Waals surface area contributed by atoms with Gasteiger partial charge in [0, 0.05) is 0 Å². The van der Waals surface area contributed by atoms with Crippen molar-refractivity contribution >= 4 is 0 Å². The molecule has 0 amide bonds. The van der Waals surface area contributed by atoms with E-state index in [4.69, 9.17) is 28.4 Å². The molecule has 7 aliphatic rings. The predicted molar refractivity (Wildman–Crippen MR) is 223 cm³/mol. The number of hydrogen-bond acceptors (Lipinski definition) is 17. The summed E-state index contributed by atoms with van der Waals surface area (Å²) in [6.07, 6.45) is -14.4. The molecule has 0 aromatic rings. The van der Waals surface area contributed by atoms with Gasteiger partial charge >= 0.3 is 0 Å². The van der Waals surface area contributed by atoms with Crippen LogP contribution in [0.1, 0.15) is 107 Å². The molecule has 4 aliphatic carbocycles. The normalized spacial score (nSPS) is 53.1. The van der Waals surface area contributed by atoms with Gasteiger partial charge in [0.2, 0.25) is 0 Å². The molecule has 63 heavy (non-hydrogen) atoms. The minimum atomic E-state index is -1.72. The van der Waals surface area contributed by atoms with Crippen LogP contribution in [0.25, 0.3) is 0 Å². The molecule has 0 aromatic carbocycles. The molecule has 7 rings (SSSR count). The smallest absolute Gasteiger partial charge is 0.187 e. The largest absolute Gasteiger partial charge is 0.393 e. The van der Waals surface area contributed by atoms with E-state index in [1.54, 1.807) is 0 Å². The first-order chi connectivity index (χ1) is 29.3. The molecule has 11 N–H and O–H groups in total. The maximum Gasteiger partial charge on any atom is 0.187 e. The van der Waals surface area contributed by atoms with Crippen LogP contribution in [0.4, 0.5) is 0 Å². The first-order valence-corrected chi connectivity index (χ1v) is 23.3. The monoisotopic (exact) mass is 903 g/mol. The molecular weight excluding hydrogens is 824 g/mol. The van der Waals surface area contributed by atoms with E-state index in [2.05, 4.69) is 40.7 Å². The fourth-order valence-electron chi connectivity index (χ4n) is 14.3. The quantitative estimate of drug-likeness (QED) is 0.124. The van der Waals surface area contributed by atoms with E-state index in [1.165, 1.54) is 0 Å². The Morgan fingerprint density at radius 1 is 0.698 bits per heavy atom. The van der Waals surface area contributed by atoms with Crippen LogP contribution >= 0.6 is 0 Å².